The van der Waals surface area contributed by atoms with Crippen LogP contribution in [0.3, 0.4) is 0 Å². The van der Waals surface area contributed by atoms with Crippen molar-refractivity contribution in [2.24, 2.45) is 0 Å². The van der Waals surface area contributed by atoms with Gasteiger partial charge in [0.05, 0.1) is 11.4 Å². The molecule has 0 bridgehead atoms. The first-order chi connectivity index (χ1) is 8.99. The average Bonchev–Trinajstić information content (AvgIpc) is 2.68. The molecule has 0 saturated heterocycles. The number of nitrogens with zero attached hydrogens (tertiary/aromatic N) is 2. The number of hydrogen-bond donors (Lipinski definition) is 2. The SMILES string of the molecule is Cc1cc(F)ccc1-n1c(SCC(=O)O)n[nH]c1=O. The first-order valence-corrected chi connectivity index (χ1v) is 6.26. The lowest BCUT2D eigenvalue weighted by atomic mass is 10.2. The van der Waals surface area contributed by atoms with E-state index in [1.807, 2.05) is 0 Å². The number of aromatic nitrogens is 3. The van der Waals surface area contributed by atoms with Crippen molar-refractivity contribution < 1.29 is 14.3 Å². The lowest BCUT2D eigenvalue weighted by molar-refractivity contribution is -0.133. The molecule has 0 amide bonds. The number of thioether (sulfide) groups is 1. The van der Waals surface area contributed by atoms with E-state index < -0.39 is 17.5 Å². The van der Waals surface area contributed by atoms with Gasteiger partial charge in [-0.15, -0.1) is 5.10 Å². The summed E-state index contributed by atoms with van der Waals surface area (Å²) in [5.74, 6) is -1.63. The molecule has 1 aromatic heterocycles. The fraction of sp³-hybridized carbons (Fsp3) is 0.182. The molecule has 0 atom stereocenters. The van der Waals surface area contributed by atoms with Crippen LogP contribution >= 0.6 is 11.8 Å². The highest BCUT2D eigenvalue weighted by Crippen LogP contribution is 2.20. The summed E-state index contributed by atoms with van der Waals surface area (Å²) in [5.41, 5.74) is 0.524. The topological polar surface area (TPSA) is 88.0 Å². The van der Waals surface area contributed by atoms with Crippen LogP contribution in [-0.4, -0.2) is 31.6 Å². The van der Waals surface area contributed by atoms with E-state index in [1.165, 1.54) is 22.8 Å². The van der Waals surface area contributed by atoms with Crippen LogP contribution in [0.2, 0.25) is 0 Å². The van der Waals surface area contributed by atoms with Gasteiger partial charge in [-0.05, 0) is 30.7 Å². The third kappa shape index (κ3) is 2.84. The minimum atomic E-state index is -1.01. The first-order valence-electron chi connectivity index (χ1n) is 5.27. The molecule has 8 heteroatoms. The molecule has 19 heavy (non-hydrogen) atoms. The fourth-order valence-electron chi connectivity index (χ4n) is 1.59. The second kappa shape index (κ2) is 5.27. The van der Waals surface area contributed by atoms with Gasteiger partial charge in [-0.3, -0.25) is 4.79 Å². The number of aryl methyl sites for hydroxylation is 1. The van der Waals surface area contributed by atoms with E-state index in [2.05, 4.69) is 10.2 Å². The molecule has 0 aliphatic carbocycles. The van der Waals surface area contributed by atoms with Crippen molar-refractivity contribution in [3.8, 4) is 5.69 Å². The Morgan fingerprint density at radius 3 is 2.95 bits per heavy atom. The molecule has 1 aromatic carbocycles. The number of carbonyl (C=O) groups is 1. The lowest BCUT2D eigenvalue weighted by Crippen LogP contribution is -2.17. The van der Waals surface area contributed by atoms with Crippen LogP contribution in [0.1, 0.15) is 5.56 Å². The molecule has 6 nitrogen and oxygen atoms in total. The van der Waals surface area contributed by atoms with Gasteiger partial charge in [-0.25, -0.2) is 18.9 Å². The number of benzene rings is 1. The van der Waals surface area contributed by atoms with Gasteiger partial charge in [0.1, 0.15) is 5.82 Å². The van der Waals surface area contributed by atoms with Crippen LogP contribution < -0.4 is 5.69 Å². The van der Waals surface area contributed by atoms with Gasteiger partial charge in [-0.2, -0.15) is 0 Å². The number of H-pyrrole nitrogens is 1. The first kappa shape index (κ1) is 13.3. The van der Waals surface area contributed by atoms with Crippen molar-refractivity contribution >= 4 is 17.7 Å². The Hall–Kier alpha value is -2.09. The highest BCUT2D eigenvalue weighted by Gasteiger charge is 2.14. The normalized spacial score (nSPS) is 10.6. The maximum absolute atomic E-state index is 13.1. The Kier molecular flexibility index (Phi) is 3.70. The van der Waals surface area contributed by atoms with Crippen molar-refractivity contribution in [2.45, 2.75) is 12.1 Å². The van der Waals surface area contributed by atoms with Crippen molar-refractivity contribution in [1.82, 2.24) is 14.8 Å². The zero-order valence-corrected chi connectivity index (χ0v) is 10.7. The highest BCUT2D eigenvalue weighted by atomic mass is 32.2. The Labute approximate surface area is 111 Å². The van der Waals surface area contributed by atoms with Gasteiger partial charge >= 0.3 is 11.7 Å². The predicted octanol–water partition coefficient (Wildman–Crippen LogP) is 1.18. The second-order valence-electron chi connectivity index (χ2n) is 3.76. The molecule has 0 fully saturated rings. The number of hydrogen-bond acceptors (Lipinski definition) is 4. The van der Waals surface area contributed by atoms with E-state index >= 15 is 0 Å². The molecular weight excluding hydrogens is 273 g/mol. The Balaban J connectivity index is 2.46. The van der Waals surface area contributed by atoms with Gasteiger partial charge in [0.15, 0.2) is 5.16 Å². The second-order valence-corrected chi connectivity index (χ2v) is 4.70. The van der Waals surface area contributed by atoms with Crippen LogP contribution in [0.5, 0.6) is 0 Å². The zero-order valence-electron chi connectivity index (χ0n) is 9.88. The van der Waals surface area contributed by atoms with E-state index in [-0.39, 0.29) is 10.9 Å². The van der Waals surface area contributed by atoms with Crippen LogP contribution in [-0.2, 0) is 4.79 Å². The lowest BCUT2D eigenvalue weighted by Gasteiger charge is -2.07. The summed E-state index contributed by atoms with van der Waals surface area (Å²) in [6.45, 7) is 1.66. The summed E-state index contributed by atoms with van der Waals surface area (Å²) in [6.07, 6.45) is 0. The average molecular weight is 283 g/mol. The van der Waals surface area contributed by atoms with E-state index in [0.29, 0.717) is 11.3 Å². The number of rotatable bonds is 4. The summed E-state index contributed by atoms with van der Waals surface area (Å²) in [5, 5.41) is 14.9. The molecule has 1 heterocycles. The molecule has 0 aliphatic rings. The minimum Gasteiger partial charge on any atom is -0.481 e. The van der Waals surface area contributed by atoms with Gasteiger partial charge in [0.2, 0.25) is 0 Å². The molecule has 100 valence electrons. The van der Waals surface area contributed by atoms with E-state index in [4.69, 9.17) is 5.11 Å². The van der Waals surface area contributed by atoms with Gasteiger partial charge < -0.3 is 5.11 Å². The largest absolute Gasteiger partial charge is 0.481 e. The number of aliphatic carboxylic acids is 1. The van der Waals surface area contributed by atoms with E-state index in [0.717, 1.165) is 11.8 Å². The van der Waals surface area contributed by atoms with Crippen molar-refractivity contribution in [2.75, 3.05) is 5.75 Å². The summed E-state index contributed by atoms with van der Waals surface area (Å²) >= 11 is 0.911. The Bertz CT molecular complexity index is 680. The summed E-state index contributed by atoms with van der Waals surface area (Å²) in [4.78, 5) is 22.3. The van der Waals surface area contributed by atoms with Gasteiger partial charge in [0.25, 0.3) is 0 Å². The predicted molar refractivity (Wildman–Crippen MR) is 67.2 cm³/mol. The van der Waals surface area contributed by atoms with Crippen LogP contribution in [0.15, 0.2) is 28.2 Å². The molecule has 0 radical (unpaired) electrons. The number of aromatic amines is 1. The zero-order chi connectivity index (χ0) is 14.0. The van der Waals surface area contributed by atoms with Crippen LogP contribution in [0.4, 0.5) is 4.39 Å². The molecular formula is C11H10FN3O3S. The van der Waals surface area contributed by atoms with Crippen molar-refractivity contribution in [3.05, 3.63) is 40.1 Å². The smallest absolute Gasteiger partial charge is 0.348 e. The monoisotopic (exact) mass is 283 g/mol. The summed E-state index contributed by atoms with van der Waals surface area (Å²) < 4.78 is 14.3. The third-order valence-corrected chi connectivity index (χ3v) is 3.29. The minimum absolute atomic E-state index is 0.218. The molecule has 2 aromatic rings. The summed E-state index contributed by atoms with van der Waals surface area (Å²) in [7, 11) is 0. The fourth-order valence-corrected chi connectivity index (χ4v) is 2.26. The Morgan fingerprint density at radius 1 is 1.58 bits per heavy atom. The van der Waals surface area contributed by atoms with Crippen LogP contribution in [0, 0.1) is 12.7 Å². The quantitative estimate of drug-likeness (QED) is 0.823. The van der Waals surface area contributed by atoms with Gasteiger partial charge in [-0.1, -0.05) is 11.8 Å². The number of halogens is 1. The molecule has 2 rings (SSSR count). The standard InChI is InChI=1S/C11H10FN3O3S/c1-6-4-7(12)2-3-8(6)15-10(18)13-14-11(15)19-5-9(16)17/h2-4H,5H2,1H3,(H,13,18)(H,16,17). The van der Waals surface area contributed by atoms with E-state index in [1.54, 1.807) is 6.92 Å². The molecule has 2 N–H and O–H groups in total. The number of nitrogens with one attached hydrogen (secondary N) is 1. The Morgan fingerprint density at radius 2 is 2.32 bits per heavy atom. The number of carboxylic acid groups (broad SMARTS) is 1. The number of carboxylic acids is 1. The molecule has 0 spiro atoms. The molecule has 0 unspecified atom stereocenters. The maximum Gasteiger partial charge on any atom is 0.348 e. The van der Waals surface area contributed by atoms with Crippen molar-refractivity contribution in [1.29, 1.82) is 0 Å². The molecule has 0 saturated carbocycles. The third-order valence-electron chi connectivity index (χ3n) is 2.37. The maximum atomic E-state index is 13.1. The van der Waals surface area contributed by atoms with Gasteiger partial charge in [0, 0.05) is 0 Å². The summed E-state index contributed by atoms with van der Waals surface area (Å²) in [6, 6.07) is 3.97. The van der Waals surface area contributed by atoms with Crippen LogP contribution in [0.25, 0.3) is 5.69 Å². The molecule has 0 aliphatic heterocycles. The van der Waals surface area contributed by atoms with E-state index in [9.17, 15) is 14.0 Å². The van der Waals surface area contributed by atoms with Crippen molar-refractivity contribution in [3.63, 3.8) is 0 Å². The highest BCUT2D eigenvalue weighted by molar-refractivity contribution is 7.99.